The molecule has 0 bridgehead atoms. The summed E-state index contributed by atoms with van der Waals surface area (Å²) >= 11 is 0. The van der Waals surface area contributed by atoms with Gasteiger partial charge in [0.1, 0.15) is 0 Å². The van der Waals surface area contributed by atoms with Crippen LogP contribution in [0.4, 0.5) is 0 Å². The standard InChI is InChI=1S/C14H17N5O2/c1-19-12(6-8-17-19)5-7-16-14(20)11-4-2-3-10(9-11)13(15)18-21/h2-4,6,8-9,21H,5,7H2,1H3,(H2,15,18)(H,16,20). The largest absolute Gasteiger partial charge is 0.409 e. The van der Waals surface area contributed by atoms with Gasteiger partial charge in [-0.3, -0.25) is 9.48 Å². The fourth-order valence-corrected chi connectivity index (χ4v) is 1.93. The SMILES string of the molecule is Cn1nccc1CCNC(=O)c1cccc(/C(N)=N/O)c1. The maximum Gasteiger partial charge on any atom is 0.251 e. The third kappa shape index (κ3) is 3.59. The summed E-state index contributed by atoms with van der Waals surface area (Å²) in [6.07, 6.45) is 2.42. The lowest BCUT2D eigenvalue weighted by Gasteiger charge is -2.07. The second kappa shape index (κ2) is 6.56. The van der Waals surface area contributed by atoms with Crippen molar-refractivity contribution in [1.82, 2.24) is 15.1 Å². The Hall–Kier alpha value is -2.83. The van der Waals surface area contributed by atoms with Crippen LogP contribution in [0.2, 0.25) is 0 Å². The van der Waals surface area contributed by atoms with Crippen LogP contribution in [0.15, 0.2) is 41.7 Å². The number of aryl methyl sites for hydroxylation is 1. The quantitative estimate of drug-likeness (QED) is 0.322. The number of oxime groups is 1. The summed E-state index contributed by atoms with van der Waals surface area (Å²) in [6, 6.07) is 8.51. The molecule has 2 aromatic rings. The number of hydrogen-bond donors (Lipinski definition) is 3. The maximum atomic E-state index is 12.0. The van der Waals surface area contributed by atoms with E-state index in [-0.39, 0.29) is 11.7 Å². The molecule has 1 aromatic heterocycles. The lowest BCUT2D eigenvalue weighted by atomic mass is 10.1. The van der Waals surface area contributed by atoms with Gasteiger partial charge in [0.25, 0.3) is 5.91 Å². The van der Waals surface area contributed by atoms with Gasteiger partial charge in [0.2, 0.25) is 0 Å². The van der Waals surface area contributed by atoms with Gasteiger partial charge in [-0.25, -0.2) is 0 Å². The highest BCUT2D eigenvalue weighted by molar-refractivity contribution is 6.01. The summed E-state index contributed by atoms with van der Waals surface area (Å²) in [5, 5.41) is 18.5. The van der Waals surface area contributed by atoms with Gasteiger partial charge in [-0.15, -0.1) is 0 Å². The van der Waals surface area contributed by atoms with Crippen LogP contribution < -0.4 is 11.1 Å². The van der Waals surface area contributed by atoms with E-state index >= 15 is 0 Å². The van der Waals surface area contributed by atoms with Crippen LogP contribution in [0, 0.1) is 0 Å². The second-order valence-corrected chi connectivity index (χ2v) is 4.52. The Bertz CT molecular complexity index is 663. The lowest BCUT2D eigenvalue weighted by molar-refractivity contribution is 0.0954. The zero-order valence-electron chi connectivity index (χ0n) is 11.7. The molecular weight excluding hydrogens is 270 g/mol. The molecule has 21 heavy (non-hydrogen) atoms. The Morgan fingerprint density at radius 2 is 2.19 bits per heavy atom. The van der Waals surface area contributed by atoms with E-state index in [4.69, 9.17) is 10.9 Å². The Morgan fingerprint density at radius 3 is 2.86 bits per heavy atom. The van der Waals surface area contributed by atoms with E-state index in [0.717, 1.165) is 5.69 Å². The van der Waals surface area contributed by atoms with E-state index in [1.165, 1.54) is 0 Å². The Kier molecular flexibility index (Phi) is 4.55. The van der Waals surface area contributed by atoms with Crippen molar-refractivity contribution >= 4 is 11.7 Å². The van der Waals surface area contributed by atoms with Gasteiger partial charge in [0, 0.05) is 43.0 Å². The Labute approximate surface area is 122 Å². The van der Waals surface area contributed by atoms with Crippen LogP contribution in [0.25, 0.3) is 0 Å². The number of aromatic nitrogens is 2. The van der Waals surface area contributed by atoms with Crippen molar-refractivity contribution in [2.75, 3.05) is 6.54 Å². The zero-order valence-corrected chi connectivity index (χ0v) is 11.7. The molecule has 110 valence electrons. The van der Waals surface area contributed by atoms with Crippen molar-refractivity contribution < 1.29 is 10.0 Å². The van der Waals surface area contributed by atoms with Crippen molar-refractivity contribution in [2.45, 2.75) is 6.42 Å². The van der Waals surface area contributed by atoms with Crippen LogP contribution in [-0.2, 0) is 13.5 Å². The molecule has 0 spiro atoms. The van der Waals surface area contributed by atoms with Crippen LogP contribution in [0.3, 0.4) is 0 Å². The molecule has 7 heteroatoms. The molecule has 4 N–H and O–H groups in total. The summed E-state index contributed by atoms with van der Waals surface area (Å²) in [5.74, 6) is -0.232. The molecule has 0 saturated carbocycles. The highest BCUT2D eigenvalue weighted by Gasteiger charge is 2.08. The second-order valence-electron chi connectivity index (χ2n) is 4.52. The van der Waals surface area contributed by atoms with E-state index in [2.05, 4.69) is 15.6 Å². The normalized spacial score (nSPS) is 11.4. The summed E-state index contributed by atoms with van der Waals surface area (Å²) in [5.41, 5.74) is 7.50. The fourth-order valence-electron chi connectivity index (χ4n) is 1.93. The zero-order chi connectivity index (χ0) is 15.2. The van der Waals surface area contributed by atoms with Gasteiger partial charge >= 0.3 is 0 Å². The molecule has 0 aliphatic heterocycles. The first-order valence-corrected chi connectivity index (χ1v) is 6.45. The summed E-state index contributed by atoms with van der Waals surface area (Å²) in [4.78, 5) is 12.0. The third-order valence-corrected chi connectivity index (χ3v) is 3.12. The first-order valence-electron chi connectivity index (χ1n) is 6.45. The topological polar surface area (TPSA) is 106 Å². The number of nitrogens with one attached hydrogen (secondary N) is 1. The molecule has 0 aliphatic rings. The van der Waals surface area contributed by atoms with E-state index in [1.807, 2.05) is 13.1 Å². The average molecular weight is 287 g/mol. The number of hydrogen-bond acceptors (Lipinski definition) is 4. The highest BCUT2D eigenvalue weighted by atomic mass is 16.4. The minimum absolute atomic E-state index is 0.0282. The first kappa shape index (κ1) is 14.6. The molecule has 0 atom stereocenters. The highest BCUT2D eigenvalue weighted by Crippen LogP contribution is 2.05. The van der Waals surface area contributed by atoms with Gasteiger partial charge in [0.15, 0.2) is 5.84 Å². The molecular formula is C14H17N5O2. The van der Waals surface area contributed by atoms with Gasteiger partial charge in [-0.1, -0.05) is 17.3 Å². The molecule has 0 unspecified atom stereocenters. The van der Waals surface area contributed by atoms with Gasteiger partial charge in [0.05, 0.1) is 0 Å². The lowest BCUT2D eigenvalue weighted by Crippen LogP contribution is -2.26. The van der Waals surface area contributed by atoms with E-state index < -0.39 is 0 Å². The molecule has 7 nitrogen and oxygen atoms in total. The molecule has 1 amide bonds. The molecule has 0 radical (unpaired) electrons. The number of amides is 1. The fraction of sp³-hybridized carbons (Fsp3) is 0.214. The van der Waals surface area contributed by atoms with Gasteiger partial charge in [-0.2, -0.15) is 5.10 Å². The van der Waals surface area contributed by atoms with Crippen LogP contribution in [-0.4, -0.2) is 33.3 Å². The number of amidine groups is 1. The Balaban J connectivity index is 1.96. The summed E-state index contributed by atoms with van der Waals surface area (Å²) in [6.45, 7) is 0.506. The van der Waals surface area contributed by atoms with Crippen LogP contribution in [0.5, 0.6) is 0 Å². The minimum atomic E-state index is -0.204. The number of nitrogens with zero attached hydrogens (tertiary/aromatic N) is 3. The van der Waals surface area contributed by atoms with Crippen molar-refractivity contribution in [3.05, 3.63) is 53.3 Å². The minimum Gasteiger partial charge on any atom is -0.409 e. The number of carbonyl (C=O) groups excluding carboxylic acids is 1. The monoisotopic (exact) mass is 287 g/mol. The molecule has 0 saturated heterocycles. The van der Waals surface area contributed by atoms with Crippen molar-refractivity contribution in [3.8, 4) is 0 Å². The van der Waals surface area contributed by atoms with Gasteiger partial charge < -0.3 is 16.3 Å². The molecule has 2 rings (SSSR count). The third-order valence-electron chi connectivity index (χ3n) is 3.12. The van der Waals surface area contributed by atoms with Crippen LogP contribution in [0.1, 0.15) is 21.6 Å². The number of nitrogens with two attached hydrogens (primary N) is 1. The van der Waals surface area contributed by atoms with E-state index in [9.17, 15) is 4.79 Å². The molecule has 0 fully saturated rings. The van der Waals surface area contributed by atoms with Crippen LogP contribution >= 0.6 is 0 Å². The Morgan fingerprint density at radius 1 is 1.43 bits per heavy atom. The van der Waals surface area contributed by atoms with Crippen molar-refractivity contribution in [2.24, 2.45) is 17.9 Å². The maximum absolute atomic E-state index is 12.0. The van der Waals surface area contributed by atoms with E-state index in [0.29, 0.717) is 24.1 Å². The first-order chi connectivity index (χ1) is 10.1. The number of rotatable bonds is 5. The molecule has 1 aromatic carbocycles. The number of benzene rings is 1. The van der Waals surface area contributed by atoms with Crippen molar-refractivity contribution in [1.29, 1.82) is 0 Å². The summed E-state index contributed by atoms with van der Waals surface area (Å²) in [7, 11) is 1.86. The van der Waals surface area contributed by atoms with Crippen molar-refractivity contribution in [3.63, 3.8) is 0 Å². The predicted molar refractivity (Wildman–Crippen MR) is 78.2 cm³/mol. The average Bonchev–Trinajstić information content (AvgIpc) is 2.92. The molecule has 0 aliphatic carbocycles. The van der Waals surface area contributed by atoms with Gasteiger partial charge in [-0.05, 0) is 18.2 Å². The smallest absolute Gasteiger partial charge is 0.251 e. The van der Waals surface area contributed by atoms with E-state index in [1.54, 1.807) is 35.1 Å². The number of carbonyl (C=O) groups is 1. The predicted octanol–water partition coefficient (Wildman–Crippen LogP) is 0.487. The summed E-state index contributed by atoms with van der Waals surface area (Å²) < 4.78 is 1.77. The molecule has 1 heterocycles.